The van der Waals surface area contributed by atoms with Gasteiger partial charge in [-0.2, -0.15) is 4.68 Å². The maximum Gasteiger partial charge on any atom is 0.573 e. The Morgan fingerprint density at radius 1 is 1.20 bits per heavy atom. The number of ether oxygens (including phenoxy) is 1. The van der Waals surface area contributed by atoms with Crippen molar-refractivity contribution < 1.29 is 27.6 Å². The van der Waals surface area contributed by atoms with E-state index in [9.17, 15) is 28.1 Å². The number of thioether (sulfide) groups is 1. The third kappa shape index (κ3) is 5.44. The fourth-order valence-electron chi connectivity index (χ4n) is 2.27. The number of amides is 1. The van der Waals surface area contributed by atoms with E-state index in [1.54, 1.807) is 6.07 Å². The van der Waals surface area contributed by atoms with Crippen LogP contribution in [-0.2, 0) is 4.79 Å². The number of nitrogens with zero attached hydrogens (tertiary/aromatic N) is 5. The van der Waals surface area contributed by atoms with E-state index >= 15 is 0 Å². The number of hydrogen-bond donors (Lipinski definition) is 1. The van der Waals surface area contributed by atoms with Gasteiger partial charge in [0, 0.05) is 6.07 Å². The Morgan fingerprint density at radius 2 is 1.90 bits per heavy atom. The third-order valence-corrected chi connectivity index (χ3v) is 4.38. The molecule has 30 heavy (non-hydrogen) atoms. The minimum absolute atomic E-state index is 0.0490. The van der Waals surface area contributed by atoms with Crippen LogP contribution < -0.4 is 10.1 Å². The van der Waals surface area contributed by atoms with Gasteiger partial charge in [0.05, 0.1) is 16.4 Å². The Labute approximate surface area is 170 Å². The summed E-state index contributed by atoms with van der Waals surface area (Å²) >= 11 is 0.938. The molecule has 0 unspecified atom stereocenters. The van der Waals surface area contributed by atoms with Gasteiger partial charge in [-0.25, -0.2) is 0 Å². The van der Waals surface area contributed by atoms with Crippen molar-refractivity contribution in [3.63, 3.8) is 0 Å². The summed E-state index contributed by atoms with van der Waals surface area (Å²) in [7, 11) is 0. The predicted octanol–water partition coefficient (Wildman–Crippen LogP) is 3.20. The molecule has 156 valence electrons. The standard InChI is InChI=1S/C16H11F3N6O4S/c17-16(18,19)29-11-7-5-10(6-8-11)24-15(21-22-23-24)30-9-14(26)20-12-3-1-2-4-13(12)25(27)28/h1-8H,9H2,(H,20,26). The summed E-state index contributed by atoms with van der Waals surface area (Å²) in [5.74, 6) is -1.10. The maximum absolute atomic E-state index is 12.2. The van der Waals surface area contributed by atoms with Gasteiger partial charge in [0.2, 0.25) is 11.1 Å². The molecule has 0 aliphatic heterocycles. The number of carbonyl (C=O) groups is 1. The molecule has 14 heteroatoms. The molecule has 0 bridgehead atoms. The smallest absolute Gasteiger partial charge is 0.406 e. The number of nitro benzene ring substituents is 1. The fourth-order valence-corrected chi connectivity index (χ4v) is 2.97. The number of hydrogen-bond acceptors (Lipinski definition) is 8. The molecule has 1 amide bonds. The monoisotopic (exact) mass is 440 g/mol. The average molecular weight is 440 g/mol. The SMILES string of the molecule is O=C(CSc1nnnn1-c1ccc(OC(F)(F)F)cc1)Nc1ccccc1[N+](=O)[O-]. The van der Waals surface area contributed by atoms with Gasteiger partial charge < -0.3 is 10.1 Å². The molecule has 10 nitrogen and oxygen atoms in total. The Balaban J connectivity index is 1.65. The van der Waals surface area contributed by atoms with Crippen LogP contribution in [0.5, 0.6) is 5.75 Å². The van der Waals surface area contributed by atoms with Gasteiger partial charge in [-0.1, -0.05) is 23.9 Å². The van der Waals surface area contributed by atoms with E-state index in [-0.39, 0.29) is 22.3 Å². The molecule has 3 rings (SSSR count). The number of carbonyl (C=O) groups excluding carboxylic acids is 1. The first-order valence-electron chi connectivity index (χ1n) is 8.03. The lowest BCUT2D eigenvalue weighted by molar-refractivity contribution is -0.383. The second kappa shape index (κ2) is 8.77. The molecule has 0 spiro atoms. The zero-order chi connectivity index (χ0) is 21.7. The van der Waals surface area contributed by atoms with Gasteiger partial charge in [-0.05, 0) is 40.8 Å². The minimum atomic E-state index is -4.81. The van der Waals surface area contributed by atoms with E-state index in [1.165, 1.54) is 35.0 Å². The zero-order valence-electron chi connectivity index (χ0n) is 14.7. The second-order valence-corrected chi connectivity index (χ2v) is 6.47. The average Bonchev–Trinajstić information content (AvgIpc) is 3.14. The van der Waals surface area contributed by atoms with Crippen LogP contribution in [0.3, 0.4) is 0 Å². The van der Waals surface area contributed by atoms with E-state index in [0.29, 0.717) is 5.69 Å². The van der Waals surface area contributed by atoms with E-state index in [4.69, 9.17) is 0 Å². The molecule has 0 radical (unpaired) electrons. The lowest BCUT2D eigenvalue weighted by Gasteiger charge is -2.09. The van der Waals surface area contributed by atoms with Gasteiger partial charge in [0.1, 0.15) is 11.4 Å². The molecule has 2 aromatic carbocycles. The highest BCUT2D eigenvalue weighted by Gasteiger charge is 2.31. The fraction of sp³-hybridized carbons (Fsp3) is 0.125. The first-order chi connectivity index (χ1) is 14.2. The highest BCUT2D eigenvalue weighted by molar-refractivity contribution is 7.99. The van der Waals surface area contributed by atoms with Crippen LogP contribution in [0.1, 0.15) is 0 Å². The number of para-hydroxylation sites is 2. The second-order valence-electron chi connectivity index (χ2n) is 5.53. The third-order valence-electron chi connectivity index (χ3n) is 3.46. The summed E-state index contributed by atoms with van der Waals surface area (Å²) in [5.41, 5.74) is 0.144. The molecule has 0 fully saturated rings. The molecule has 0 saturated carbocycles. The molecule has 0 atom stereocenters. The topological polar surface area (TPSA) is 125 Å². The van der Waals surface area contributed by atoms with Gasteiger partial charge in [-0.15, -0.1) is 18.3 Å². The largest absolute Gasteiger partial charge is 0.573 e. The van der Waals surface area contributed by atoms with E-state index < -0.39 is 22.9 Å². The molecule has 1 heterocycles. The Morgan fingerprint density at radius 3 is 2.57 bits per heavy atom. The van der Waals surface area contributed by atoms with Crippen LogP contribution in [0.15, 0.2) is 53.7 Å². The number of nitrogens with one attached hydrogen (secondary N) is 1. The van der Waals surface area contributed by atoms with Crippen molar-refractivity contribution in [3.8, 4) is 11.4 Å². The molecule has 0 aliphatic rings. The summed E-state index contributed by atoms with van der Waals surface area (Å²) < 4.78 is 41.7. The Kier molecular flexibility index (Phi) is 6.15. The quantitative estimate of drug-likeness (QED) is 0.337. The molecular weight excluding hydrogens is 429 g/mol. The van der Waals surface area contributed by atoms with Crippen LogP contribution in [0.2, 0.25) is 0 Å². The van der Waals surface area contributed by atoms with Crippen molar-refractivity contribution in [3.05, 3.63) is 58.6 Å². The summed E-state index contributed by atoms with van der Waals surface area (Å²) in [4.78, 5) is 22.5. The van der Waals surface area contributed by atoms with E-state index in [2.05, 4.69) is 25.6 Å². The summed E-state index contributed by atoms with van der Waals surface area (Å²) in [6.07, 6.45) is -4.81. The number of anilines is 1. The minimum Gasteiger partial charge on any atom is -0.406 e. The Hall–Kier alpha value is -3.68. The lowest BCUT2D eigenvalue weighted by Crippen LogP contribution is -2.17. The van der Waals surface area contributed by atoms with Crippen molar-refractivity contribution in [2.75, 3.05) is 11.1 Å². The van der Waals surface area contributed by atoms with Crippen LogP contribution in [0, 0.1) is 10.1 Å². The molecule has 3 aromatic rings. The normalized spacial score (nSPS) is 11.2. The van der Waals surface area contributed by atoms with Gasteiger partial charge >= 0.3 is 6.36 Å². The van der Waals surface area contributed by atoms with Crippen molar-refractivity contribution in [1.82, 2.24) is 20.2 Å². The number of rotatable bonds is 7. The number of nitro groups is 1. The number of halogens is 3. The van der Waals surface area contributed by atoms with Crippen molar-refractivity contribution >= 4 is 29.0 Å². The van der Waals surface area contributed by atoms with Crippen molar-refractivity contribution in [2.45, 2.75) is 11.5 Å². The highest BCUT2D eigenvalue weighted by Crippen LogP contribution is 2.26. The van der Waals surface area contributed by atoms with Crippen LogP contribution in [-0.4, -0.2) is 43.2 Å². The lowest BCUT2D eigenvalue weighted by atomic mass is 10.2. The maximum atomic E-state index is 12.2. The Bertz CT molecular complexity index is 1060. The van der Waals surface area contributed by atoms with Crippen LogP contribution in [0.25, 0.3) is 5.69 Å². The van der Waals surface area contributed by atoms with Gasteiger partial charge in [-0.3, -0.25) is 14.9 Å². The van der Waals surface area contributed by atoms with Gasteiger partial charge in [0.15, 0.2) is 0 Å². The molecule has 1 N–H and O–H groups in total. The molecular formula is C16H11F3N6O4S. The molecule has 0 saturated heterocycles. The van der Waals surface area contributed by atoms with E-state index in [0.717, 1.165) is 23.9 Å². The predicted molar refractivity (Wildman–Crippen MR) is 98.3 cm³/mol. The molecule has 1 aromatic heterocycles. The first kappa shape index (κ1) is 21.0. The number of tetrazole rings is 1. The van der Waals surface area contributed by atoms with Crippen molar-refractivity contribution in [1.29, 1.82) is 0 Å². The summed E-state index contributed by atoms with van der Waals surface area (Å²) in [6.45, 7) is 0. The van der Waals surface area contributed by atoms with Gasteiger partial charge in [0.25, 0.3) is 5.69 Å². The summed E-state index contributed by atoms with van der Waals surface area (Å²) in [5, 5.41) is 24.6. The van der Waals surface area contributed by atoms with E-state index in [1.807, 2.05) is 0 Å². The molecule has 0 aliphatic carbocycles. The zero-order valence-corrected chi connectivity index (χ0v) is 15.6. The number of aromatic nitrogens is 4. The number of alkyl halides is 3. The first-order valence-corrected chi connectivity index (χ1v) is 9.02. The van der Waals surface area contributed by atoms with Crippen LogP contribution in [0.4, 0.5) is 24.5 Å². The van der Waals surface area contributed by atoms with Crippen molar-refractivity contribution in [2.24, 2.45) is 0 Å². The van der Waals surface area contributed by atoms with Crippen LogP contribution >= 0.6 is 11.8 Å². The highest BCUT2D eigenvalue weighted by atomic mass is 32.2. The summed E-state index contributed by atoms with van der Waals surface area (Å²) in [6, 6.07) is 10.5. The number of benzene rings is 2.